The van der Waals surface area contributed by atoms with Crippen LogP contribution < -0.4 is 0 Å². The van der Waals surface area contributed by atoms with E-state index in [1.165, 1.54) is 12.1 Å². The van der Waals surface area contributed by atoms with E-state index in [9.17, 15) is 14.9 Å². The molecule has 1 fully saturated rings. The van der Waals surface area contributed by atoms with E-state index in [0.29, 0.717) is 18.5 Å². The molecule has 2 aromatic rings. The third-order valence-corrected chi connectivity index (χ3v) is 4.72. The molecule has 0 saturated carbocycles. The molecule has 0 unspecified atom stereocenters. The zero-order chi connectivity index (χ0) is 20.1. The topological polar surface area (TPSA) is 112 Å². The molecule has 1 aliphatic heterocycles. The fraction of sp³-hybridized carbons (Fsp3) is 0.250. The number of β-lactam (4-membered cyclic amide) rings is 1. The van der Waals surface area contributed by atoms with Gasteiger partial charge in [-0.1, -0.05) is 48.4 Å². The van der Waals surface area contributed by atoms with Gasteiger partial charge in [-0.15, -0.1) is 0 Å². The van der Waals surface area contributed by atoms with E-state index in [-0.39, 0.29) is 17.6 Å². The Balaban J connectivity index is 1.95. The summed E-state index contributed by atoms with van der Waals surface area (Å²) in [5.74, 6) is -0.126. The number of amides is 1. The second-order valence-corrected chi connectivity index (χ2v) is 6.47. The molecule has 1 aliphatic rings. The van der Waals surface area contributed by atoms with Crippen LogP contribution in [0.15, 0.2) is 71.4 Å². The van der Waals surface area contributed by atoms with Crippen molar-refractivity contribution in [2.24, 2.45) is 5.11 Å². The highest BCUT2D eigenvalue weighted by atomic mass is 16.6. The predicted octanol–water partition coefficient (Wildman–Crippen LogP) is 4.69. The molecule has 0 aromatic heterocycles. The molecule has 0 aliphatic carbocycles. The molecule has 28 heavy (non-hydrogen) atoms. The number of nitro benzene ring substituents is 1. The van der Waals surface area contributed by atoms with Gasteiger partial charge in [0.25, 0.3) is 11.6 Å². The molecule has 8 heteroatoms. The van der Waals surface area contributed by atoms with Crippen molar-refractivity contribution in [3.05, 3.63) is 97.9 Å². The van der Waals surface area contributed by atoms with E-state index in [1.807, 2.05) is 37.3 Å². The first-order valence-electron chi connectivity index (χ1n) is 8.90. The van der Waals surface area contributed by atoms with E-state index in [2.05, 4.69) is 10.0 Å². The minimum Gasteiger partial charge on any atom is -0.323 e. The van der Waals surface area contributed by atoms with Crippen molar-refractivity contribution in [3.8, 4) is 0 Å². The van der Waals surface area contributed by atoms with Crippen molar-refractivity contribution in [1.82, 2.24) is 4.90 Å². The maximum Gasteiger partial charge on any atom is 0.269 e. The standard InChI is InChI=1S/C20H19N5O3/c1-2-16(22-23-21)12-18-19(15-8-10-17(11-9-15)25(27)28)24(20(18)26)13-14-6-4-3-5-7-14/h3-12,16,19H,2,13H2,1H3/b18-12+/t16-,19+/m0/s1. The van der Waals surface area contributed by atoms with Crippen molar-refractivity contribution in [2.45, 2.75) is 32.0 Å². The SMILES string of the molecule is CC[C@@H](/C=C1/C(=O)N(Cc2ccccc2)[C@@H]1c1ccc([N+](=O)[O-])cc1)N=[N+]=[N-]. The van der Waals surface area contributed by atoms with Crippen LogP contribution in [0.1, 0.15) is 30.5 Å². The number of non-ortho nitro benzene ring substituents is 1. The number of rotatable bonds is 7. The first kappa shape index (κ1) is 19.1. The molecule has 0 spiro atoms. The summed E-state index contributed by atoms with van der Waals surface area (Å²) >= 11 is 0. The summed E-state index contributed by atoms with van der Waals surface area (Å²) in [6.45, 7) is 2.30. The van der Waals surface area contributed by atoms with Crippen LogP contribution in [0.3, 0.4) is 0 Å². The van der Waals surface area contributed by atoms with Crippen LogP contribution in [-0.4, -0.2) is 21.8 Å². The molecule has 1 saturated heterocycles. The molecule has 0 radical (unpaired) electrons. The number of carbonyl (C=O) groups is 1. The molecular weight excluding hydrogens is 358 g/mol. The van der Waals surface area contributed by atoms with Crippen LogP contribution in [0.25, 0.3) is 10.4 Å². The van der Waals surface area contributed by atoms with Gasteiger partial charge in [0.2, 0.25) is 0 Å². The number of carbonyl (C=O) groups excluding carboxylic acids is 1. The number of azide groups is 1. The molecule has 2 atom stereocenters. The Labute approximate surface area is 161 Å². The van der Waals surface area contributed by atoms with E-state index in [1.54, 1.807) is 23.1 Å². The fourth-order valence-corrected chi connectivity index (χ4v) is 3.25. The van der Waals surface area contributed by atoms with E-state index in [4.69, 9.17) is 5.53 Å². The lowest BCUT2D eigenvalue weighted by Gasteiger charge is -2.43. The predicted molar refractivity (Wildman–Crippen MR) is 104 cm³/mol. The van der Waals surface area contributed by atoms with Gasteiger partial charge >= 0.3 is 0 Å². The number of nitro groups is 1. The molecule has 1 heterocycles. The van der Waals surface area contributed by atoms with Crippen LogP contribution in [0.2, 0.25) is 0 Å². The summed E-state index contributed by atoms with van der Waals surface area (Å²) in [5, 5.41) is 14.6. The molecule has 0 N–H and O–H groups in total. The summed E-state index contributed by atoms with van der Waals surface area (Å²) < 4.78 is 0. The van der Waals surface area contributed by atoms with Crippen molar-refractivity contribution in [2.75, 3.05) is 0 Å². The van der Waals surface area contributed by atoms with Crippen molar-refractivity contribution >= 4 is 11.6 Å². The largest absolute Gasteiger partial charge is 0.323 e. The molecule has 1 amide bonds. The van der Waals surface area contributed by atoms with E-state index in [0.717, 1.165) is 11.1 Å². The van der Waals surface area contributed by atoms with Gasteiger partial charge in [0.1, 0.15) is 0 Å². The first-order valence-corrected chi connectivity index (χ1v) is 8.90. The van der Waals surface area contributed by atoms with Crippen molar-refractivity contribution in [1.29, 1.82) is 0 Å². The Kier molecular flexibility index (Phi) is 5.72. The normalized spacial score (nSPS) is 18.3. The molecule has 8 nitrogen and oxygen atoms in total. The highest BCUT2D eigenvalue weighted by molar-refractivity contribution is 6.02. The second kappa shape index (κ2) is 8.37. The summed E-state index contributed by atoms with van der Waals surface area (Å²) in [6, 6.07) is 15.0. The van der Waals surface area contributed by atoms with Gasteiger partial charge in [0.05, 0.1) is 17.0 Å². The number of likely N-dealkylation sites (tertiary alicyclic amines) is 1. The summed E-state index contributed by atoms with van der Waals surface area (Å²) in [5.41, 5.74) is 11.0. The summed E-state index contributed by atoms with van der Waals surface area (Å²) in [7, 11) is 0. The van der Waals surface area contributed by atoms with Crippen LogP contribution >= 0.6 is 0 Å². The van der Waals surface area contributed by atoms with Crippen molar-refractivity contribution in [3.63, 3.8) is 0 Å². The smallest absolute Gasteiger partial charge is 0.269 e. The number of hydrogen-bond acceptors (Lipinski definition) is 4. The summed E-state index contributed by atoms with van der Waals surface area (Å²) in [6.07, 6.45) is 2.28. The maximum atomic E-state index is 12.8. The average Bonchev–Trinajstić information content (AvgIpc) is 2.72. The Hall–Kier alpha value is -3.64. The second-order valence-electron chi connectivity index (χ2n) is 6.47. The van der Waals surface area contributed by atoms with Gasteiger partial charge in [-0.3, -0.25) is 14.9 Å². The van der Waals surface area contributed by atoms with Crippen LogP contribution in [-0.2, 0) is 11.3 Å². The molecule has 3 rings (SSSR count). The highest BCUT2D eigenvalue weighted by Gasteiger charge is 2.43. The van der Waals surface area contributed by atoms with Crippen LogP contribution in [0.4, 0.5) is 5.69 Å². The third-order valence-electron chi connectivity index (χ3n) is 4.72. The molecular formula is C20H19N5O3. The van der Waals surface area contributed by atoms with Gasteiger partial charge < -0.3 is 4.90 Å². The molecule has 2 aromatic carbocycles. The zero-order valence-electron chi connectivity index (χ0n) is 15.3. The Morgan fingerprint density at radius 2 is 1.93 bits per heavy atom. The van der Waals surface area contributed by atoms with Gasteiger partial charge in [0, 0.05) is 29.2 Å². The average molecular weight is 377 g/mol. The number of hydrogen-bond donors (Lipinski definition) is 0. The third kappa shape index (κ3) is 3.87. The minimum atomic E-state index is -0.455. The maximum absolute atomic E-state index is 12.8. The fourth-order valence-electron chi connectivity index (χ4n) is 3.25. The first-order chi connectivity index (χ1) is 13.5. The zero-order valence-corrected chi connectivity index (χ0v) is 15.3. The monoisotopic (exact) mass is 377 g/mol. The Morgan fingerprint density at radius 1 is 1.25 bits per heavy atom. The van der Waals surface area contributed by atoms with Gasteiger partial charge in [-0.05, 0) is 35.2 Å². The minimum absolute atomic E-state index is 0.00458. The van der Waals surface area contributed by atoms with E-state index >= 15 is 0 Å². The Bertz CT molecular complexity index is 950. The lowest BCUT2D eigenvalue weighted by molar-refractivity contribution is -0.384. The highest BCUT2D eigenvalue weighted by Crippen LogP contribution is 2.41. The van der Waals surface area contributed by atoms with Gasteiger partial charge in [-0.25, -0.2) is 0 Å². The number of nitrogens with zero attached hydrogens (tertiary/aromatic N) is 5. The van der Waals surface area contributed by atoms with Gasteiger partial charge in [-0.2, -0.15) is 0 Å². The van der Waals surface area contributed by atoms with Crippen LogP contribution in [0, 0.1) is 10.1 Å². The summed E-state index contributed by atoms with van der Waals surface area (Å²) in [4.78, 5) is 27.8. The Morgan fingerprint density at radius 3 is 2.50 bits per heavy atom. The molecule has 142 valence electrons. The number of benzene rings is 2. The molecule has 0 bridgehead atoms. The van der Waals surface area contributed by atoms with Crippen molar-refractivity contribution < 1.29 is 9.72 Å². The van der Waals surface area contributed by atoms with E-state index < -0.39 is 11.0 Å². The van der Waals surface area contributed by atoms with Gasteiger partial charge in [0.15, 0.2) is 0 Å². The lowest BCUT2D eigenvalue weighted by Crippen LogP contribution is -2.48. The quantitative estimate of drug-likeness (QED) is 0.133. The lowest BCUT2D eigenvalue weighted by atomic mass is 9.86. The van der Waals surface area contributed by atoms with Crippen LogP contribution in [0.5, 0.6) is 0 Å².